The fourth-order valence-electron chi connectivity index (χ4n) is 1.02. The van der Waals surface area contributed by atoms with Crippen LogP contribution < -0.4 is 5.32 Å². The number of esters is 1. The number of amides is 1. The topological polar surface area (TPSA) is 102 Å². The van der Waals surface area contributed by atoms with E-state index in [9.17, 15) is 9.59 Å². The molecule has 0 bridgehead atoms. The number of hydrogen-bond donors (Lipinski definition) is 2. The molecule has 0 aliphatic carbocycles. The second-order valence-electron chi connectivity index (χ2n) is 2.98. The Kier molecular flexibility index (Phi) is 4.01. The van der Waals surface area contributed by atoms with Gasteiger partial charge in [0, 0.05) is 6.92 Å². The number of aryl methyl sites for hydroxylation is 1. The van der Waals surface area contributed by atoms with E-state index in [1.165, 1.54) is 0 Å². The van der Waals surface area contributed by atoms with Crippen LogP contribution in [0.5, 0.6) is 0 Å². The van der Waals surface area contributed by atoms with E-state index in [0.717, 1.165) is 13.4 Å². The van der Waals surface area contributed by atoms with Crippen molar-refractivity contribution in [2.45, 2.75) is 13.0 Å². The zero-order chi connectivity index (χ0) is 12.1. The average Bonchev–Trinajstić information content (AvgIpc) is 2.71. The minimum Gasteiger partial charge on any atom is -0.467 e. The number of hydrogen-bond acceptors (Lipinski definition) is 6. The number of oxazole rings is 1. The number of rotatable bonds is 4. The molecule has 1 aromatic heterocycles. The molecular formula is C9H12N2O5. The van der Waals surface area contributed by atoms with Gasteiger partial charge in [-0.15, -0.1) is 0 Å². The molecule has 0 saturated heterocycles. The zero-order valence-electron chi connectivity index (χ0n) is 8.89. The number of nitrogens with zero attached hydrogens (tertiary/aromatic N) is 1. The maximum absolute atomic E-state index is 11.5. The highest BCUT2D eigenvalue weighted by molar-refractivity contribution is 5.94. The lowest BCUT2D eigenvalue weighted by atomic mass is 10.3. The van der Waals surface area contributed by atoms with Crippen molar-refractivity contribution in [2.75, 3.05) is 13.7 Å². The number of ether oxygens (including phenoxy) is 1. The van der Waals surface area contributed by atoms with Gasteiger partial charge >= 0.3 is 5.97 Å². The Morgan fingerprint density at radius 1 is 1.69 bits per heavy atom. The van der Waals surface area contributed by atoms with Crippen LogP contribution in [0, 0.1) is 6.92 Å². The van der Waals surface area contributed by atoms with Gasteiger partial charge in [0.2, 0.25) is 0 Å². The number of aliphatic hydroxyl groups is 1. The molecule has 1 rings (SSSR count). The van der Waals surface area contributed by atoms with Crippen LogP contribution in [0.4, 0.5) is 0 Å². The number of carbonyl (C=O) groups is 2. The van der Waals surface area contributed by atoms with E-state index in [4.69, 9.17) is 9.52 Å². The third-order valence-corrected chi connectivity index (χ3v) is 1.83. The molecule has 1 aromatic rings. The molecule has 88 valence electrons. The van der Waals surface area contributed by atoms with Crippen LogP contribution in [0.15, 0.2) is 10.7 Å². The number of methoxy groups -OCH3 is 1. The molecule has 1 atom stereocenters. The van der Waals surface area contributed by atoms with E-state index in [-0.39, 0.29) is 5.69 Å². The van der Waals surface area contributed by atoms with Crippen LogP contribution in [0.3, 0.4) is 0 Å². The van der Waals surface area contributed by atoms with Crippen molar-refractivity contribution in [3.8, 4) is 0 Å². The molecule has 1 heterocycles. The van der Waals surface area contributed by atoms with Crippen LogP contribution in [0.1, 0.15) is 16.4 Å². The zero-order valence-corrected chi connectivity index (χ0v) is 8.89. The van der Waals surface area contributed by atoms with Crippen LogP contribution in [0.25, 0.3) is 0 Å². The molecule has 0 aromatic carbocycles. The van der Waals surface area contributed by atoms with Crippen molar-refractivity contribution in [2.24, 2.45) is 0 Å². The summed E-state index contributed by atoms with van der Waals surface area (Å²) in [7, 11) is 1.16. The fraction of sp³-hybridized carbons (Fsp3) is 0.444. The van der Waals surface area contributed by atoms with Gasteiger partial charge in [-0.3, -0.25) is 4.79 Å². The molecule has 0 radical (unpaired) electrons. The molecule has 0 saturated carbocycles. The quantitative estimate of drug-likeness (QED) is 0.657. The van der Waals surface area contributed by atoms with E-state index >= 15 is 0 Å². The lowest BCUT2D eigenvalue weighted by Crippen LogP contribution is -2.44. The van der Waals surface area contributed by atoms with E-state index < -0.39 is 24.5 Å². The molecule has 0 aliphatic heterocycles. The standard InChI is InChI=1S/C9H12N2O5/c1-5-10-7(4-16-5)8(13)11-6(3-12)9(14)15-2/h4,6,12H,3H2,1-2H3,(H,11,13)/t6-/m0/s1. The van der Waals surface area contributed by atoms with Crippen LogP contribution >= 0.6 is 0 Å². The van der Waals surface area contributed by atoms with E-state index in [2.05, 4.69) is 15.0 Å². The van der Waals surface area contributed by atoms with Gasteiger partial charge in [0.05, 0.1) is 13.7 Å². The summed E-state index contributed by atoms with van der Waals surface area (Å²) in [4.78, 5) is 26.3. The summed E-state index contributed by atoms with van der Waals surface area (Å²) in [5.41, 5.74) is 0.0415. The van der Waals surface area contributed by atoms with E-state index in [1.807, 2.05) is 0 Å². The van der Waals surface area contributed by atoms with E-state index in [1.54, 1.807) is 6.92 Å². The first-order valence-corrected chi connectivity index (χ1v) is 4.50. The van der Waals surface area contributed by atoms with Gasteiger partial charge in [0.15, 0.2) is 17.6 Å². The van der Waals surface area contributed by atoms with Crippen molar-refractivity contribution in [3.05, 3.63) is 17.8 Å². The monoisotopic (exact) mass is 228 g/mol. The third-order valence-electron chi connectivity index (χ3n) is 1.83. The van der Waals surface area contributed by atoms with Crippen LogP contribution in [-0.4, -0.2) is 41.7 Å². The Bertz CT molecular complexity index is 387. The van der Waals surface area contributed by atoms with Gasteiger partial charge in [0.25, 0.3) is 5.91 Å². The molecule has 1 amide bonds. The highest BCUT2D eigenvalue weighted by Gasteiger charge is 2.22. The smallest absolute Gasteiger partial charge is 0.330 e. The molecule has 2 N–H and O–H groups in total. The molecule has 16 heavy (non-hydrogen) atoms. The summed E-state index contributed by atoms with van der Waals surface area (Å²) < 4.78 is 9.22. The summed E-state index contributed by atoms with van der Waals surface area (Å²) in [5.74, 6) is -0.999. The molecular weight excluding hydrogens is 216 g/mol. The Morgan fingerprint density at radius 3 is 2.81 bits per heavy atom. The summed E-state index contributed by atoms with van der Waals surface area (Å²) in [6, 6.07) is -1.10. The first-order valence-electron chi connectivity index (χ1n) is 4.50. The molecule has 0 fully saturated rings. The average molecular weight is 228 g/mol. The van der Waals surface area contributed by atoms with Gasteiger partial charge in [-0.05, 0) is 0 Å². The molecule has 7 nitrogen and oxygen atoms in total. The summed E-state index contributed by atoms with van der Waals surface area (Å²) in [6.07, 6.45) is 1.16. The molecule has 0 spiro atoms. The second kappa shape index (κ2) is 5.26. The first kappa shape index (κ1) is 12.2. The first-order chi connectivity index (χ1) is 7.58. The van der Waals surface area contributed by atoms with Gasteiger partial charge in [-0.1, -0.05) is 0 Å². The summed E-state index contributed by atoms with van der Waals surface area (Å²) in [6.45, 7) is 1.04. The summed E-state index contributed by atoms with van der Waals surface area (Å²) in [5, 5.41) is 11.1. The van der Waals surface area contributed by atoms with Crippen molar-refractivity contribution < 1.29 is 23.8 Å². The minimum absolute atomic E-state index is 0.0415. The van der Waals surface area contributed by atoms with Gasteiger partial charge < -0.3 is 19.6 Å². The number of aromatic nitrogens is 1. The highest BCUT2D eigenvalue weighted by Crippen LogP contribution is 2.00. The van der Waals surface area contributed by atoms with Crippen molar-refractivity contribution in [3.63, 3.8) is 0 Å². The van der Waals surface area contributed by atoms with Crippen molar-refractivity contribution >= 4 is 11.9 Å². The largest absolute Gasteiger partial charge is 0.467 e. The third kappa shape index (κ3) is 2.80. The normalized spacial score (nSPS) is 11.9. The van der Waals surface area contributed by atoms with Gasteiger partial charge in [-0.2, -0.15) is 0 Å². The predicted molar refractivity (Wildman–Crippen MR) is 51.6 cm³/mol. The Hall–Kier alpha value is -1.89. The Balaban J connectivity index is 2.66. The lowest BCUT2D eigenvalue weighted by molar-refractivity contribution is -0.143. The van der Waals surface area contributed by atoms with Crippen molar-refractivity contribution in [1.82, 2.24) is 10.3 Å². The number of carbonyl (C=O) groups excluding carboxylic acids is 2. The van der Waals surface area contributed by atoms with Crippen LogP contribution in [-0.2, 0) is 9.53 Å². The van der Waals surface area contributed by atoms with Crippen molar-refractivity contribution in [1.29, 1.82) is 0 Å². The maximum atomic E-state index is 11.5. The molecule has 0 unspecified atom stereocenters. The Morgan fingerprint density at radius 2 is 2.38 bits per heavy atom. The molecule has 7 heteroatoms. The Labute approximate surface area is 91.4 Å². The maximum Gasteiger partial charge on any atom is 0.330 e. The lowest BCUT2D eigenvalue weighted by Gasteiger charge is -2.12. The number of nitrogens with one attached hydrogen (secondary N) is 1. The fourth-order valence-corrected chi connectivity index (χ4v) is 1.02. The minimum atomic E-state index is -1.10. The SMILES string of the molecule is COC(=O)[C@H](CO)NC(=O)c1coc(C)n1. The number of aliphatic hydroxyl groups excluding tert-OH is 1. The van der Waals surface area contributed by atoms with Gasteiger partial charge in [0.1, 0.15) is 6.26 Å². The van der Waals surface area contributed by atoms with Crippen LogP contribution in [0.2, 0.25) is 0 Å². The van der Waals surface area contributed by atoms with E-state index in [0.29, 0.717) is 5.89 Å². The predicted octanol–water partition coefficient (Wildman–Crippen LogP) is -0.753. The van der Waals surface area contributed by atoms with Gasteiger partial charge in [-0.25, -0.2) is 9.78 Å². The highest BCUT2D eigenvalue weighted by atomic mass is 16.5. The second-order valence-corrected chi connectivity index (χ2v) is 2.98. The summed E-state index contributed by atoms with van der Waals surface area (Å²) >= 11 is 0. The molecule has 0 aliphatic rings.